The number of nitrogens with two attached hydrogens (primary N) is 1. The van der Waals surface area contributed by atoms with Crippen LogP contribution < -0.4 is 11.1 Å². The number of carbonyl (C=O) groups excluding carboxylic acids is 2. The van der Waals surface area contributed by atoms with Gasteiger partial charge in [0.2, 0.25) is 11.8 Å². The number of nitrogens with zero attached hydrogens (tertiary/aromatic N) is 3. The highest BCUT2D eigenvalue weighted by Gasteiger charge is 2.35. The van der Waals surface area contributed by atoms with Crippen LogP contribution in [0.25, 0.3) is 0 Å². The number of amides is 2. The molecule has 1 fully saturated rings. The maximum Gasteiger partial charge on any atom is 0.243 e. The zero-order chi connectivity index (χ0) is 20.8. The van der Waals surface area contributed by atoms with E-state index < -0.39 is 6.04 Å². The van der Waals surface area contributed by atoms with Crippen LogP contribution in [0.3, 0.4) is 0 Å². The summed E-state index contributed by atoms with van der Waals surface area (Å²) in [5.74, 6) is 0.255. The molecule has 3 rings (SSSR count). The average molecular weight is 396 g/mol. The third-order valence-electron chi connectivity index (χ3n) is 5.51. The molecule has 2 amide bonds. The van der Waals surface area contributed by atoms with Crippen molar-refractivity contribution in [2.24, 2.45) is 0 Å². The van der Waals surface area contributed by atoms with Gasteiger partial charge in [-0.3, -0.25) is 14.5 Å². The fraction of sp³-hybridized carbons (Fsp3) is 0.409. The first-order chi connectivity index (χ1) is 14.0. The first-order valence-electron chi connectivity index (χ1n) is 9.94. The van der Waals surface area contributed by atoms with Crippen LogP contribution >= 0.6 is 0 Å². The van der Waals surface area contributed by atoms with E-state index in [0.29, 0.717) is 18.8 Å². The number of aromatic nitrogens is 1. The van der Waals surface area contributed by atoms with Crippen molar-refractivity contribution in [3.05, 3.63) is 59.8 Å². The number of anilines is 1. The smallest absolute Gasteiger partial charge is 0.243 e. The summed E-state index contributed by atoms with van der Waals surface area (Å²) in [7, 11) is 3.69. The summed E-state index contributed by atoms with van der Waals surface area (Å²) >= 11 is 0. The number of nitrogens with one attached hydrogen (secondary N) is 1. The standard InChI is InChI=1S/C22H29N5O2/c1-26-12-6-9-18(26)22(29)27(2)19(13-16-7-4-3-5-8-16)21(28)25-15-17-10-11-20(23)24-14-17/h3-5,7-8,10-11,14,18-19H,6,9,12-13,15H2,1-2H3,(H2,23,24)(H,25,28)/t18-,19+/m0/s1. The van der Waals surface area contributed by atoms with Gasteiger partial charge in [-0.15, -0.1) is 0 Å². The van der Waals surface area contributed by atoms with Crippen LogP contribution in [0.5, 0.6) is 0 Å². The normalized spacial score (nSPS) is 17.7. The van der Waals surface area contributed by atoms with Crippen molar-refractivity contribution in [3.8, 4) is 0 Å². The Morgan fingerprint density at radius 2 is 2.00 bits per heavy atom. The van der Waals surface area contributed by atoms with Gasteiger partial charge in [0.1, 0.15) is 11.9 Å². The van der Waals surface area contributed by atoms with Crippen LogP contribution in [0.1, 0.15) is 24.0 Å². The Bertz CT molecular complexity index is 825. The number of pyridine rings is 1. The molecule has 0 saturated carbocycles. The van der Waals surface area contributed by atoms with Crippen molar-refractivity contribution in [2.45, 2.75) is 37.9 Å². The highest BCUT2D eigenvalue weighted by molar-refractivity contribution is 5.90. The molecular formula is C22H29N5O2. The van der Waals surface area contributed by atoms with Crippen LogP contribution in [0.4, 0.5) is 5.82 Å². The average Bonchev–Trinajstić information content (AvgIpc) is 3.17. The first kappa shape index (κ1) is 20.8. The molecule has 2 atom stereocenters. The number of hydrogen-bond acceptors (Lipinski definition) is 5. The quantitative estimate of drug-likeness (QED) is 0.740. The first-order valence-corrected chi connectivity index (χ1v) is 9.94. The number of likely N-dealkylation sites (N-methyl/N-ethyl adjacent to an activating group) is 2. The topological polar surface area (TPSA) is 91.6 Å². The molecule has 0 aliphatic carbocycles. The van der Waals surface area contributed by atoms with Crippen LogP contribution in [0.2, 0.25) is 0 Å². The molecule has 154 valence electrons. The zero-order valence-corrected chi connectivity index (χ0v) is 17.0. The van der Waals surface area contributed by atoms with E-state index in [9.17, 15) is 9.59 Å². The van der Waals surface area contributed by atoms with Gasteiger partial charge in [-0.05, 0) is 43.6 Å². The molecule has 29 heavy (non-hydrogen) atoms. The lowest BCUT2D eigenvalue weighted by molar-refractivity contribution is -0.142. The second-order valence-electron chi connectivity index (χ2n) is 7.60. The fourth-order valence-corrected chi connectivity index (χ4v) is 3.70. The van der Waals surface area contributed by atoms with Gasteiger partial charge in [0.05, 0.1) is 6.04 Å². The number of carbonyl (C=O) groups is 2. The minimum Gasteiger partial charge on any atom is -0.384 e. The fourth-order valence-electron chi connectivity index (χ4n) is 3.70. The van der Waals surface area contributed by atoms with Crippen molar-refractivity contribution < 1.29 is 9.59 Å². The molecule has 2 heterocycles. The van der Waals surface area contributed by atoms with E-state index in [4.69, 9.17) is 5.73 Å². The van der Waals surface area contributed by atoms with Crippen molar-refractivity contribution in [3.63, 3.8) is 0 Å². The van der Waals surface area contributed by atoms with E-state index in [-0.39, 0.29) is 17.9 Å². The van der Waals surface area contributed by atoms with E-state index in [1.165, 1.54) is 0 Å². The second kappa shape index (κ2) is 9.52. The highest BCUT2D eigenvalue weighted by atomic mass is 16.2. The third kappa shape index (κ3) is 5.32. The molecule has 7 nitrogen and oxygen atoms in total. The molecule has 1 aromatic carbocycles. The van der Waals surface area contributed by atoms with Crippen molar-refractivity contribution in [1.82, 2.24) is 20.1 Å². The minimum atomic E-state index is -0.583. The Morgan fingerprint density at radius 1 is 1.24 bits per heavy atom. The van der Waals surface area contributed by atoms with E-state index in [1.54, 1.807) is 24.2 Å². The van der Waals surface area contributed by atoms with E-state index in [1.807, 2.05) is 43.4 Å². The molecule has 0 radical (unpaired) electrons. The van der Waals surface area contributed by atoms with Crippen molar-refractivity contribution in [2.75, 3.05) is 26.4 Å². The summed E-state index contributed by atoms with van der Waals surface area (Å²) in [6.45, 7) is 1.24. The summed E-state index contributed by atoms with van der Waals surface area (Å²) in [6, 6.07) is 12.6. The zero-order valence-electron chi connectivity index (χ0n) is 17.0. The molecule has 1 aromatic heterocycles. The SMILES string of the molecule is CN1CCC[C@H]1C(=O)N(C)[C@H](Cc1ccccc1)C(=O)NCc1ccc(N)nc1. The van der Waals surface area contributed by atoms with E-state index >= 15 is 0 Å². The largest absolute Gasteiger partial charge is 0.384 e. The van der Waals surface area contributed by atoms with Gasteiger partial charge in [0, 0.05) is 26.2 Å². The molecule has 0 unspecified atom stereocenters. The predicted octanol–water partition coefficient (Wildman–Crippen LogP) is 1.44. The monoisotopic (exact) mass is 395 g/mol. The lowest BCUT2D eigenvalue weighted by Crippen LogP contribution is -2.53. The Hall–Kier alpha value is -2.93. The van der Waals surface area contributed by atoms with Gasteiger partial charge >= 0.3 is 0 Å². The lowest BCUT2D eigenvalue weighted by Gasteiger charge is -2.31. The maximum atomic E-state index is 13.1. The Morgan fingerprint density at radius 3 is 2.62 bits per heavy atom. The molecule has 0 spiro atoms. The molecular weight excluding hydrogens is 366 g/mol. The summed E-state index contributed by atoms with van der Waals surface area (Å²) in [6.07, 6.45) is 3.94. The van der Waals surface area contributed by atoms with Gasteiger partial charge in [0.15, 0.2) is 0 Å². The van der Waals surface area contributed by atoms with Crippen LogP contribution in [0.15, 0.2) is 48.7 Å². The molecule has 3 N–H and O–H groups in total. The molecule has 2 aromatic rings. The summed E-state index contributed by atoms with van der Waals surface area (Å²) < 4.78 is 0. The van der Waals surface area contributed by atoms with Crippen LogP contribution in [-0.4, -0.2) is 59.3 Å². The van der Waals surface area contributed by atoms with Gasteiger partial charge in [0.25, 0.3) is 0 Å². The summed E-state index contributed by atoms with van der Waals surface area (Å²) in [4.78, 5) is 33.9. The van der Waals surface area contributed by atoms with Crippen LogP contribution in [0, 0.1) is 0 Å². The van der Waals surface area contributed by atoms with E-state index in [2.05, 4.69) is 15.2 Å². The summed E-state index contributed by atoms with van der Waals surface area (Å²) in [5.41, 5.74) is 7.49. The number of rotatable bonds is 7. The molecule has 0 bridgehead atoms. The number of likely N-dealkylation sites (tertiary alicyclic amines) is 1. The molecule has 7 heteroatoms. The van der Waals surface area contributed by atoms with E-state index in [0.717, 1.165) is 30.5 Å². The number of benzene rings is 1. The third-order valence-corrected chi connectivity index (χ3v) is 5.51. The Kier molecular flexibility index (Phi) is 6.82. The van der Waals surface area contributed by atoms with Gasteiger partial charge in [-0.1, -0.05) is 36.4 Å². The van der Waals surface area contributed by atoms with Gasteiger partial charge in [-0.2, -0.15) is 0 Å². The maximum absolute atomic E-state index is 13.1. The Labute approximate surface area is 171 Å². The van der Waals surface area contributed by atoms with Crippen molar-refractivity contribution >= 4 is 17.6 Å². The van der Waals surface area contributed by atoms with Gasteiger partial charge < -0.3 is 16.0 Å². The highest BCUT2D eigenvalue weighted by Crippen LogP contribution is 2.19. The van der Waals surface area contributed by atoms with Crippen molar-refractivity contribution in [1.29, 1.82) is 0 Å². The Balaban J connectivity index is 1.73. The summed E-state index contributed by atoms with van der Waals surface area (Å²) in [5, 5.41) is 2.95. The molecule has 1 aliphatic rings. The lowest BCUT2D eigenvalue weighted by atomic mass is 10.0. The number of hydrogen-bond donors (Lipinski definition) is 2. The molecule has 1 aliphatic heterocycles. The second-order valence-corrected chi connectivity index (χ2v) is 7.60. The van der Waals surface area contributed by atoms with Gasteiger partial charge in [-0.25, -0.2) is 4.98 Å². The molecule has 1 saturated heterocycles. The predicted molar refractivity (Wildman–Crippen MR) is 113 cm³/mol. The van der Waals surface area contributed by atoms with Crippen LogP contribution in [-0.2, 0) is 22.6 Å². The number of nitrogen functional groups attached to an aromatic ring is 1. The minimum absolute atomic E-state index is 0.00441.